The number of amides is 2. The minimum atomic E-state index is -0.881. The Hall–Kier alpha value is -2.57. The number of benzene rings is 1. The Labute approximate surface area is 102 Å². The zero-order valence-corrected chi connectivity index (χ0v) is 9.55. The molecule has 1 aromatic carbocycles. The summed E-state index contributed by atoms with van der Waals surface area (Å²) in [5.41, 5.74) is 5.57. The summed E-state index contributed by atoms with van der Waals surface area (Å²) in [4.78, 5) is 10.9. The van der Waals surface area contributed by atoms with Gasteiger partial charge in [0, 0.05) is 0 Å². The van der Waals surface area contributed by atoms with E-state index < -0.39 is 11.8 Å². The Morgan fingerprint density at radius 2 is 2.11 bits per heavy atom. The lowest BCUT2D eigenvalue weighted by Gasteiger charge is -2.06. The number of nitrogens with zero attached hydrogens (tertiary/aromatic N) is 2. The molecule has 3 N–H and O–H groups in total. The third-order valence-corrected chi connectivity index (χ3v) is 2.23. The molecule has 0 unspecified atom stereocenters. The molecule has 0 aliphatic rings. The number of halogens is 1. The number of primary amides is 1. The SMILES string of the molecule is COc1nn(-c2ccccc2)c(NC(N)=O)c1F. The third-order valence-electron chi connectivity index (χ3n) is 2.23. The van der Waals surface area contributed by atoms with Gasteiger partial charge in [-0.1, -0.05) is 18.2 Å². The van der Waals surface area contributed by atoms with Crippen molar-refractivity contribution < 1.29 is 13.9 Å². The van der Waals surface area contributed by atoms with Gasteiger partial charge in [-0.05, 0) is 12.1 Å². The number of hydrogen-bond donors (Lipinski definition) is 2. The zero-order chi connectivity index (χ0) is 13.1. The second-order valence-corrected chi connectivity index (χ2v) is 3.41. The molecule has 0 aliphatic carbocycles. The molecule has 0 fully saturated rings. The summed E-state index contributed by atoms with van der Waals surface area (Å²) in [7, 11) is 1.29. The summed E-state index contributed by atoms with van der Waals surface area (Å²) in [6.07, 6.45) is 0. The van der Waals surface area contributed by atoms with Crippen molar-refractivity contribution in [3.8, 4) is 11.6 Å². The Morgan fingerprint density at radius 3 is 2.67 bits per heavy atom. The van der Waals surface area contributed by atoms with E-state index in [2.05, 4.69) is 10.4 Å². The molecule has 0 bridgehead atoms. The van der Waals surface area contributed by atoms with Gasteiger partial charge in [-0.3, -0.25) is 5.32 Å². The van der Waals surface area contributed by atoms with Gasteiger partial charge in [0.05, 0.1) is 12.8 Å². The van der Waals surface area contributed by atoms with Crippen LogP contribution in [0.1, 0.15) is 0 Å². The van der Waals surface area contributed by atoms with Crippen LogP contribution in [0.15, 0.2) is 30.3 Å². The van der Waals surface area contributed by atoms with Crippen molar-refractivity contribution in [1.82, 2.24) is 9.78 Å². The minimum absolute atomic E-state index is 0.162. The molecule has 7 heteroatoms. The summed E-state index contributed by atoms with van der Waals surface area (Å²) in [6, 6.07) is 7.86. The number of carbonyl (C=O) groups is 1. The van der Waals surface area contributed by atoms with Gasteiger partial charge in [0.15, 0.2) is 5.82 Å². The van der Waals surface area contributed by atoms with Crippen molar-refractivity contribution >= 4 is 11.8 Å². The van der Waals surface area contributed by atoms with Crippen LogP contribution >= 0.6 is 0 Å². The summed E-state index contributed by atoms with van der Waals surface area (Å²) in [5, 5.41) is 6.08. The number of ether oxygens (including phenoxy) is 1. The molecule has 2 aromatic rings. The number of anilines is 1. The van der Waals surface area contributed by atoms with E-state index in [4.69, 9.17) is 10.5 Å². The molecule has 0 radical (unpaired) electrons. The first kappa shape index (κ1) is 11.9. The first-order chi connectivity index (χ1) is 8.63. The highest BCUT2D eigenvalue weighted by atomic mass is 19.1. The van der Waals surface area contributed by atoms with E-state index in [0.29, 0.717) is 5.69 Å². The Kier molecular flexibility index (Phi) is 3.13. The van der Waals surface area contributed by atoms with Gasteiger partial charge in [0.1, 0.15) is 0 Å². The Bertz CT molecular complexity index is 568. The lowest BCUT2D eigenvalue weighted by Crippen LogP contribution is -2.22. The standard InChI is InChI=1S/C11H11FN4O2/c1-18-10-8(12)9(14-11(13)17)16(15-10)7-5-3-2-4-6-7/h2-6H,1H3,(H3,13,14,17). The molecule has 18 heavy (non-hydrogen) atoms. The fourth-order valence-corrected chi connectivity index (χ4v) is 1.49. The number of aromatic nitrogens is 2. The van der Waals surface area contributed by atoms with Crippen LogP contribution in [0.4, 0.5) is 15.0 Å². The first-order valence-corrected chi connectivity index (χ1v) is 5.08. The highest BCUT2D eigenvalue weighted by Crippen LogP contribution is 2.26. The van der Waals surface area contributed by atoms with Crippen LogP contribution in [0.3, 0.4) is 0 Å². The highest BCUT2D eigenvalue weighted by molar-refractivity contribution is 5.87. The molecule has 1 aromatic heterocycles. The molecular formula is C11H11FN4O2. The Balaban J connectivity index is 2.55. The zero-order valence-electron chi connectivity index (χ0n) is 9.55. The quantitative estimate of drug-likeness (QED) is 0.866. The van der Waals surface area contributed by atoms with Crippen LogP contribution in [0, 0.1) is 5.82 Å². The van der Waals surface area contributed by atoms with E-state index in [1.165, 1.54) is 11.8 Å². The number of hydrogen-bond acceptors (Lipinski definition) is 3. The number of para-hydroxylation sites is 1. The second-order valence-electron chi connectivity index (χ2n) is 3.41. The number of urea groups is 1. The minimum Gasteiger partial charge on any atom is -0.478 e. The third kappa shape index (κ3) is 2.10. The van der Waals surface area contributed by atoms with Gasteiger partial charge in [-0.2, -0.15) is 4.39 Å². The topological polar surface area (TPSA) is 82.2 Å². The number of nitrogens with one attached hydrogen (secondary N) is 1. The summed E-state index contributed by atoms with van der Waals surface area (Å²) in [6.45, 7) is 0. The van der Waals surface area contributed by atoms with E-state index in [9.17, 15) is 9.18 Å². The van der Waals surface area contributed by atoms with Crippen molar-refractivity contribution in [1.29, 1.82) is 0 Å². The van der Waals surface area contributed by atoms with Crippen LogP contribution in [0.25, 0.3) is 5.69 Å². The number of carbonyl (C=O) groups excluding carboxylic acids is 1. The Morgan fingerprint density at radius 1 is 1.44 bits per heavy atom. The van der Waals surface area contributed by atoms with Crippen molar-refractivity contribution in [3.63, 3.8) is 0 Å². The van der Waals surface area contributed by atoms with E-state index >= 15 is 0 Å². The first-order valence-electron chi connectivity index (χ1n) is 5.08. The van der Waals surface area contributed by atoms with E-state index in [0.717, 1.165) is 0 Å². The molecule has 94 valence electrons. The molecule has 2 rings (SSSR count). The fourth-order valence-electron chi connectivity index (χ4n) is 1.49. The van der Waals surface area contributed by atoms with Crippen molar-refractivity contribution in [2.45, 2.75) is 0 Å². The number of methoxy groups -OCH3 is 1. The predicted octanol–water partition coefficient (Wildman–Crippen LogP) is 1.51. The van der Waals surface area contributed by atoms with Crippen LogP contribution in [0.2, 0.25) is 0 Å². The largest absolute Gasteiger partial charge is 0.478 e. The van der Waals surface area contributed by atoms with Gasteiger partial charge in [-0.25, -0.2) is 9.48 Å². The molecule has 2 amide bonds. The monoisotopic (exact) mass is 250 g/mol. The van der Waals surface area contributed by atoms with Gasteiger partial charge < -0.3 is 10.5 Å². The average Bonchev–Trinajstić information content (AvgIpc) is 2.67. The fraction of sp³-hybridized carbons (Fsp3) is 0.0909. The van der Waals surface area contributed by atoms with Gasteiger partial charge in [0.25, 0.3) is 5.88 Å². The van der Waals surface area contributed by atoms with E-state index in [1.54, 1.807) is 24.3 Å². The normalized spacial score (nSPS) is 10.1. The number of rotatable bonds is 3. The molecule has 6 nitrogen and oxygen atoms in total. The maximum Gasteiger partial charge on any atom is 0.317 e. The van der Waals surface area contributed by atoms with Gasteiger partial charge in [-0.15, -0.1) is 5.10 Å². The van der Waals surface area contributed by atoms with Crippen LogP contribution in [0.5, 0.6) is 5.88 Å². The molecule has 0 atom stereocenters. The average molecular weight is 250 g/mol. The van der Waals surface area contributed by atoms with E-state index in [-0.39, 0.29) is 11.7 Å². The smallest absolute Gasteiger partial charge is 0.317 e. The van der Waals surface area contributed by atoms with Crippen LogP contribution in [-0.4, -0.2) is 22.9 Å². The van der Waals surface area contributed by atoms with Crippen molar-refractivity contribution in [2.75, 3.05) is 12.4 Å². The van der Waals surface area contributed by atoms with Crippen LogP contribution in [-0.2, 0) is 0 Å². The molecule has 0 saturated heterocycles. The summed E-state index contributed by atoms with van der Waals surface area (Å²) >= 11 is 0. The van der Waals surface area contributed by atoms with Gasteiger partial charge in [0.2, 0.25) is 5.82 Å². The molecule has 0 saturated carbocycles. The predicted molar refractivity (Wildman–Crippen MR) is 63.3 cm³/mol. The van der Waals surface area contributed by atoms with Gasteiger partial charge >= 0.3 is 6.03 Å². The van der Waals surface area contributed by atoms with Crippen molar-refractivity contribution in [2.24, 2.45) is 5.73 Å². The van der Waals surface area contributed by atoms with E-state index in [1.807, 2.05) is 6.07 Å². The summed E-state index contributed by atoms with van der Waals surface area (Å²) < 4.78 is 19.8. The maximum absolute atomic E-state index is 13.9. The molecular weight excluding hydrogens is 239 g/mol. The number of nitrogens with two attached hydrogens (primary N) is 1. The lowest BCUT2D eigenvalue weighted by atomic mass is 10.3. The maximum atomic E-state index is 13.9. The second kappa shape index (κ2) is 4.74. The molecule has 0 aliphatic heterocycles. The molecule has 1 heterocycles. The van der Waals surface area contributed by atoms with Crippen LogP contribution < -0.4 is 15.8 Å². The van der Waals surface area contributed by atoms with Crippen molar-refractivity contribution in [3.05, 3.63) is 36.1 Å². The summed E-state index contributed by atoms with van der Waals surface area (Å²) in [5.74, 6) is -1.16. The lowest BCUT2D eigenvalue weighted by molar-refractivity contribution is 0.259. The highest BCUT2D eigenvalue weighted by Gasteiger charge is 2.20. The molecule has 0 spiro atoms.